The zero-order valence-electron chi connectivity index (χ0n) is 7.92. The quantitative estimate of drug-likeness (QED) is 0.660. The Balaban J connectivity index is 3.80. The predicted molar refractivity (Wildman–Crippen MR) is 55.9 cm³/mol. The van der Waals surface area contributed by atoms with Crippen molar-refractivity contribution in [3.05, 3.63) is 45.2 Å². The summed E-state index contributed by atoms with van der Waals surface area (Å²) in [6, 6.07) is 1.59. The van der Waals surface area contributed by atoms with Crippen molar-refractivity contribution < 1.29 is 0 Å². The van der Waals surface area contributed by atoms with E-state index in [1.54, 1.807) is 18.2 Å². The molecule has 0 aromatic carbocycles. The van der Waals surface area contributed by atoms with Crippen molar-refractivity contribution in [3.63, 3.8) is 0 Å². The van der Waals surface area contributed by atoms with Crippen LogP contribution in [-0.2, 0) is 0 Å². The van der Waals surface area contributed by atoms with Gasteiger partial charge in [0.25, 0.3) is 0 Å². The fourth-order valence-corrected chi connectivity index (χ4v) is 1.24. The number of nitrogens with one attached hydrogen (secondary N) is 1. The first-order valence-corrected chi connectivity index (χ1v) is 4.18. The Morgan fingerprint density at radius 1 is 1.54 bits per heavy atom. The monoisotopic (exact) mass is 175 g/mol. The van der Waals surface area contributed by atoms with Crippen LogP contribution < -0.4 is 16.0 Å². The average molecular weight is 175 g/mol. The second kappa shape index (κ2) is 3.90. The number of rotatable bonds is 1. The molecule has 0 amide bonds. The fraction of sp³-hybridized carbons (Fsp3) is 0.182. The summed E-state index contributed by atoms with van der Waals surface area (Å²) < 4.78 is 0. The second-order valence-electron chi connectivity index (χ2n) is 2.83. The molecule has 0 fully saturated rings. The lowest BCUT2D eigenvalue weighted by atomic mass is 10.2. The summed E-state index contributed by atoms with van der Waals surface area (Å²) in [5, 5.41) is 1.52. The number of aromatic nitrogens is 1. The van der Waals surface area contributed by atoms with E-state index in [9.17, 15) is 4.79 Å². The normalized spacial score (nSPS) is 13.4. The molecule has 2 heteroatoms. The molecule has 1 aromatic rings. The lowest BCUT2D eigenvalue weighted by Crippen LogP contribution is -2.40. The van der Waals surface area contributed by atoms with Crippen LogP contribution in [0.15, 0.2) is 23.5 Å². The minimum absolute atomic E-state index is 0.0317. The van der Waals surface area contributed by atoms with Gasteiger partial charge in [0.15, 0.2) is 5.43 Å². The Morgan fingerprint density at radius 2 is 2.23 bits per heavy atom. The number of aromatic amines is 1. The molecule has 0 atom stereocenters. The van der Waals surface area contributed by atoms with Gasteiger partial charge in [-0.2, -0.15) is 0 Å². The molecule has 0 aliphatic rings. The summed E-state index contributed by atoms with van der Waals surface area (Å²) in [5.74, 6) is 0. The van der Waals surface area contributed by atoms with Gasteiger partial charge in [0, 0.05) is 22.3 Å². The molecule has 1 rings (SSSR count). The first-order chi connectivity index (χ1) is 6.19. The molecule has 0 unspecified atom stereocenters. The van der Waals surface area contributed by atoms with E-state index in [0.29, 0.717) is 5.22 Å². The van der Waals surface area contributed by atoms with Crippen LogP contribution in [0, 0.1) is 6.92 Å². The standard InChI is InChI=1S/C11H13NO/c1-4-6-9-10(5-2)12-8(3)7-11(9)13/h4-7,12H,1H2,2-3H3/b9-6+,10-5+. The van der Waals surface area contributed by atoms with Gasteiger partial charge in [0.1, 0.15) is 0 Å². The summed E-state index contributed by atoms with van der Waals surface area (Å²) >= 11 is 0. The van der Waals surface area contributed by atoms with Gasteiger partial charge in [-0.25, -0.2) is 0 Å². The van der Waals surface area contributed by atoms with Crippen molar-refractivity contribution in [1.29, 1.82) is 0 Å². The van der Waals surface area contributed by atoms with Crippen molar-refractivity contribution in [1.82, 2.24) is 4.98 Å². The highest BCUT2D eigenvalue weighted by Gasteiger charge is 1.91. The van der Waals surface area contributed by atoms with Gasteiger partial charge in [-0.05, 0) is 19.9 Å². The molecule has 1 aromatic heterocycles. The molecule has 0 bridgehead atoms. The van der Waals surface area contributed by atoms with Crippen molar-refractivity contribution >= 4 is 12.2 Å². The third-order valence-electron chi connectivity index (χ3n) is 1.81. The Bertz CT molecular complexity index is 480. The van der Waals surface area contributed by atoms with Crippen LogP contribution in [0.3, 0.4) is 0 Å². The van der Waals surface area contributed by atoms with E-state index in [1.165, 1.54) is 0 Å². The lowest BCUT2D eigenvalue weighted by molar-refractivity contribution is 1.11. The van der Waals surface area contributed by atoms with Crippen LogP contribution in [0.1, 0.15) is 12.6 Å². The average Bonchev–Trinajstić information content (AvgIpc) is 2.09. The Morgan fingerprint density at radius 3 is 2.77 bits per heavy atom. The van der Waals surface area contributed by atoms with E-state index < -0.39 is 0 Å². The van der Waals surface area contributed by atoms with Gasteiger partial charge in [-0.3, -0.25) is 4.79 Å². The third-order valence-corrected chi connectivity index (χ3v) is 1.81. The lowest BCUT2D eigenvalue weighted by Gasteiger charge is -1.93. The molecule has 2 nitrogen and oxygen atoms in total. The Hall–Kier alpha value is -1.57. The maximum absolute atomic E-state index is 11.5. The molecule has 0 spiro atoms. The molecule has 0 radical (unpaired) electrons. The Labute approximate surface area is 76.9 Å². The van der Waals surface area contributed by atoms with E-state index in [-0.39, 0.29) is 5.43 Å². The van der Waals surface area contributed by atoms with E-state index >= 15 is 0 Å². The topological polar surface area (TPSA) is 32.9 Å². The van der Waals surface area contributed by atoms with E-state index in [4.69, 9.17) is 0 Å². The molecule has 0 saturated heterocycles. The number of hydrogen-bond acceptors (Lipinski definition) is 1. The number of hydrogen-bond donors (Lipinski definition) is 1. The van der Waals surface area contributed by atoms with Crippen molar-refractivity contribution in [3.8, 4) is 0 Å². The maximum atomic E-state index is 11.5. The van der Waals surface area contributed by atoms with E-state index in [0.717, 1.165) is 11.0 Å². The SMILES string of the molecule is C=C/C=c1/c(=O)cc(C)[nH]/c1=C/C. The third kappa shape index (κ3) is 1.96. The first-order valence-electron chi connectivity index (χ1n) is 4.18. The van der Waals surface area contributed by atoms with Gasteiger partial charge < -0.3 is 4.98 Å². The summed E-state index contributed by atoms with van der Waals surface area (Å²) in [6.45, 7) is 7.33. The van der Waals surface area contributed by atoms with Gasteiger partial charge in [0.05, 0.1) is 0 Å². The van der Waals surface area contributed by atoms with Crippen molar-refractivity contribution in [2.24, 2.45) is 0 Å². The van der Waals surface area contributed by atoms with Gasteiger partial charge in [-0.1, -0.05) is 18.7 Å². The summed E-state index contributed by atoms with van der Waals surface area (Å²) in [7, 11) is 0. The van der Waals surface area contributed by atoms with E-state index in [2.05, 4.69) is 11.6 Å². The van der Waals surface area contributed by atoms with Crippen molar-refractivity contribution in [2.75, 3.05) is 0 Å². The highest BCUT2D eigenvalue weighted by molar-refractivity contribution is 5.36. The van der Waals surface area contributed by atoms with Crippen molar-refractivity contribution in [2.45, 2.75) is 13.8 Å². The number of H-pyrrole nitrogens is 1. The molecule has 0 aliphatic carbocycles. The van der Waals surface area contributed by atoms with Gasteiger partial charge in [-0.15, -0.1) is 0 Å². The summed E-state index contributed by atoms with van der Waals surface area (Å²) in [4.78, 5) is 14.6. The molecular formula is C11H13NO. The zero-order chi connectivity index (χ0) is 9.84. The molecule has 1 N–H and O–H groups in total. The van der Waals surface area contributed by atoms with Crippen LogP contribution in [0.5, 0.6) is 0 Å². The van der Waals surface area contributed by atoms with E-state index in [1.807, 2.05) is 19.9 Å². The minimum Gasteiger partial charge on any atom is -0.359 e. The van der Waals surface area contributed by atoms with Gasteiger partial charge >= 0.3 is 0 Å². The Kier molecular flexibility index (Phi) is 2.85. The molecule has 13 heavy (non-hydrogen) atoms. The van der Waals surface area contributed by atoms with Gasteiger partial charge in [0.2, 0.25) is 0 Å². The highest BCUT2D eigenvalue weighted by atomic mass is 16.1. The minimum atomic E-state index is 0.0317. The zero-order valence-corrected chi connectivity index (χ0v) is 7.92. The molecule has 0 aliphatic heterocycles. The summed E-state index contributed by atoms with van der Waals surface area (Å²) in [6.07, 6.45) is 5.21. The molecule has 68 valence electrons. The number of pyridine rings is 1. The smallest absolute Gasteiger partial charge is 0.189 e. The highest BCUT2D eigenvalue weighted by Crippen LogP contribution is 1.75. The number of aryl methyl sites for hydroxylation is 1. The van der Waals surface area contributed by atoms with Crippen LogP contribution in [0.4, 0.5) is 0 Å². The van der Waals surface area contributed by atoms with Crippen LogP contribution in [0.25, 0.3) is 12.2 Å². The maximum Gasteiger partial charge on any atom is 0.189 e. The van der Waals surface area contributed by atoms with Crippen LogP contribution >= 0.6 is 0 Å². The van der Waals surface area contributed by atoms with Crippen LogP contribution in [0.2, 0.25) is 0 Å². The predicted octanol–water partition coefficient (Wildman–Crippen LogP) is 0.450. The first kappa shape index (κ1) is 9.52. The number of allylic oxidation sites excluding steroid dienone is 1. The molecular weight excluding hydrogens is 162 g/mol. The fourth-order valence-electron chi connectivity index (χ4n) is 1.24. The second-order valence-corrected chi connectivity index (χ2v) is 2.83. The summed E-state index contributed by atoms with van der Waals surface area (Å²) in [5.41, 5.74) is 0.906. The molecule has 0 saturated carbocycles. The largest absolute Gasteiger partial charge is 0.359 e. The molecule has 1 heterocycles. The van der Waals surface area contributed by atoms with Crippen LogP contribution in [-0.4, -0.2) is 4.98 Å².